The summed E-state index contributed by atoms with van der Waals surface area (Å²) in [5.74, 6) is 0.160. The molecule has 1 heterocycles. The van der Waals surface area contributed by atoms with Crippen molar-refractivity contribution in [2.45, 2.75) is 64.8 Å². The van der Waals surface area contributed by atoms with E-state index in [9.17, 15) is 14.7 Å². The molecule has 9 heteroatoms. The summed E-state index contributed by atoms with van der Waals surface area (Å²) in [6.45, 7) is 8.24. The molecular formula is C36H48N4O5. The molecule has 0 saturated carbocycles. The van der Waals surface area contributed by atoms with Gasteiger partial charge in [0, 0.05) is 43.5 Å². The van der Waals surface area contributed by atoms with Gasteiger partial charge in [-0.1, -0.05) is 55.5 Å². The molecule has 3 aromatic rings. The van der Waals surface area contributed by atoms with E-state index in [0.717, 1.165) is 25.8 Å². The number of anilines is 2. The van der Waals surface area contributed by atoms with Gasteiger partial charge in [-0.25, -0.2) is 4.79 Å². The Balaban J connectivity index is 1.59. The summed E-state index contributed by atoms with van der Waals surface area (Å²) in [4.78, 5) is 31.0. The van der Waals surface area contributed by atoms with Crippen molar-refractivity contribution in [2.75, 3.05) is 44.0 Å². The van der Waals surface area contributed by atoms with Crippen molar-refractivity contribution in [1.82, 2.24) is 9.80 Å². The lowest BCUT2D eigenvalue weighted by Gasteiger charge is -2.36. The number of carbonyl (C=O) groups is 2. The quantitative estimate of drug-likeness (QED) is 0.276. The Morgan fingerprint density at radius 3 is 2.40 bits per heavy atom. The lowest BCUT2D eigenvalue weighted by atomic mass is 10.0. The number of nitrogens with one attached hydrogen (secondary N) is 2. The lowest BCUT2D eigenvalue weighted by Crippen LogP contribution is -2.47. The van der Waals surface area contributed by atoms with Crippen molar-refractivity contribution < 1.29 is 24.2 Å². The molecule has 3 amide bonds. The summed E-state index contributed by atoms with van der Waals surface area (Å²) in [6, 6.07) is 23.8. The monoisotopic (exact) mass is 616 g/mol. The molecule has 9 nitrogen and oxygen atoms in total. The fourth-order valence-corrected chi connectivity index (χ4v) is 5.54. The van der Waals surface area contributed by atoms with E-state index in [1.807, 2.05) is 50.2 Å². The highest BCUT2D eigenvalue weighted by Crippen LogP contribution is 2.29. The molecular weight excluding hydrogens is 568 g/mol. The number of urea groups is 1. The summed E-state index contributed by atoms with van der Waals surface area (Å²) in [5, 5.41) is 15.9. The fraction of sp³-hybridized carbons (Fsp3) is 0.444. The van der Waals surface area contributed by atoms with Gasteiger partial charge in [-0.3, -0.25) is 9.69 Å². The number of nitrogens with zero attached hydrogens (tertiary/aromatic N) is 2. The van der Waals surface area contributed by atoms with Crippen LogP contribution in [-0.2, 0) is 11.3 Å². The van der Waals surface area contributed by atoms with E-state index in [2.05, 4.69) is 41.6 Å². The molecule has 3 N–H and O–H groups in total. The second-order valence-corrected chi connectivity index (χ2v) is 12.1. The highest BCUT2D eigenvalue weighted by molar-refractivity contribution is 6.02. The number of rotatable bonds is 8. The lowest BCUT2D eigenvalue weighted by molar-refractivity contribution is -0.0177. The molecule has 242 valence electrons. The normalized spacial score (nSPS) is 20.4. The van der Waals surface area contributed by atoms with Crippen LogP contribution in [-0.4, -0.2) is 78.4 Å². The van der Waals surface area contributed by atoms with Crippen molar-refractivity contribution in [1.29, 1.82) is 0 Å². The Morgan fingerprint density at radius 2 is 1.69 bits per heavy atom. The molecule has 0 aliphatic carbocycles. The SMILES string of the molecule is C[C@@H]1CCCCO[C@@H](CN(C)Cc2ccccc2)[C@@H](C)CN([C@H](C)CO)C(=O)c2cc(NC(=O)Nc3ccccc3)ccc2O1. The minimum Gasteiger partial charge on any atom is -0.490 e. The zero-order valence-electron chi connectivity index (χ0n) is 26.9. The van der Waals surface area contributed by atoms with E-state index in [4.69, 9.17) is 9.47 Å². The van der Waals surface area contributed by atoms with Crippen LogP contribution in [0.25, 0.3) is 0 Å². The van der Waals surface area contributed by atoms with Gasteiger partial charge in [0.15, 0.2) is 0 Å². The summed E-state index contributed by atoms with van der Waals surface area (Å²) in [6.07, 6.45) is 2.39. The Bertz CT molecular complexity index is 1360. The maximum atomic E-state index is 14.3. The van der Waals surface area contributed by atoms with Gasteiger partial charge in [0.1, 0.15) is 5.75 Å². The maximum absolute atomic E-state index is 14.3. The van der Waals surface area contributed by atoms with Crippen molar-refractivity contribution in [3.05, 3.63) is 90.0 Å². The van der Waals surface area contributed by atoms with Crippen LogP contribution < -0.4 is 15.4 Å². The number of carbonyl (C=O) groups excluding carboxylic acids is 2. The van der Waals surface area contributed by atoms with E-state index < -0.39 is 12.1 Å². The molecule has 0 spiro atoms. The van der Waals surface area contributed by atoms with Crippen molar-refractivity contribution in [2.24, 2.45) is 5.92 Å². The van der Waals surface area contributed by atoms with Crippen LogP contribution in [0, 0.1) is 5.92 Å². The molecule has 4 atom stereocenters. The van der Waals surface area contributed by atoms with Crippen LogP contribution in [0.4, 0.5) is 16.2 Å². The summed E-state index contributed by atoms with van der Waals surface area (Å²) in [5.41, 5.74) is 2.68. The number of aliphatic hydroxyl groups excluding tert-OH is 1. The predicted octanol–water partition coefficient (Wildman–Crippen LogP) is 6.26. The first-order valence-electron chi connectivity index (χ1n) is 15.9. The van der Waals surface area contributed by atoms with E-state index in [1.54, 1.807) is 35.2 Å². The van der Waals surface area contributed by atoms with Gasteiger partial charge < -0.3 is 30.1 Å². The Morgan fingerprint density at radius 1 is 1.00 bits per heavy atom. The van der Waals surface area contributed by atoms with Crippen LogP contribution in [0.2, 0.25) is 0 Å². The molecule has 1 aliphatic rings. The molecule has 0 radical (unpaired) electrons. The average Bonchev–Trinajstić information content (AvgIpc) is 3.03. The third-order valence-corrected chi connectivity index (χ3v) is 8.13. The van der Waals surface area contributed by atoms with Crippen molar-refractivity contribution >= 4 is 23.3 Å². The standard InChI is InChI=1S/C36H48N4O5/c1-26-22-40(27(2)25-41)35(42)32-21-31(38-36(43)37-30-16-9-6-10-17-30)18-19-33(32)45-28(3)13-11-12-20-44-34(26)24-39(4)23-29-14-7-5-8-15-29/h5-10,14-19,21,26-28,34,41H,11-13,20,22-25H2,1-4H3,(H2,37,38,43)/t26-,27+,28+,34-/m0/s1. The molecule has 4 rings (SSSR count). The minimum atomic E-state index is -0.446. The van der Waals surface area contributed by atoms with Gasteiger partial charge in [0.05, 0.1) is 30.4 Å². The average molecular weight is 617 g/mol. The van der Waals surface area contributed by atoms with Crippen LogP contribution in [0.3, 0.4) is 0 Å². The highest BCUT2D eigenvalue weighted by Gasteiger charge is 2.30. The number of hydrogen-bond donors (Lipinski definition) is 3. The van der Waals surface area contributed by atoms with Gasteiger partial charge in [-0.15, -0.1) is 0 Å². The van der Waals surface area contributed by atoms with Crippen molar-refractivity contribution in [3.8, 4) is 5.75 Å². The fourth-order valence-electron chi connectivity index (χ4n) is 5.54. The Kier molecular flexibility index (Phi) is 12.8. The molecule has 0 unspecified atom stereocenters. The molecule has 45 heavy (non-hydrogen) atoms. The molecule has 3 aromatic carbocycles. The zero-order valence-corrected chi connectivity index (χ0v) is 26.9. The molecule has 0 saturated heterocycles. The van der Waals surface area contributed by atoms with E-state index >= 15 is 0 Å². The first-order valence-corrected chi connectivity index (χ1v) is 15.9. The smallest absolute Gasteiger partial charge is 0.323 e. The van der Waals surface area contributed by atoms with Crippen LogP contribution in [0.5, 0.6) is 5.75 Å². The maximum Gasteiger partial charge on any atom is 0.323 e. The summed E-state index contributed by atoms with van der Waals surface area (Å²) < 4.78 is 12.8. The molecule has 0 bridgehead atoms. The summed E-state index contributed by atoms with van der Waals surface area (Å²) in [7, 11) is 2.09. The van der Waals surface area contributed by atoms with Crippen LogP contribution >= 0.6 is 0 Å². The first kappa shape index (κ1) is 34.0. The second kappa shape index (κ2) is 17.0. The molecule has 0 fully saturated rings. The van der Waals surface area contributed by atoms with E-state index in [0.29, 0.717) is 42.4 Å². The zero-order chi connectivity index (χ0) is 32.2. The number of benzene rings is 3. The Labute approximate surface area is 267 Å². The van der Waals surface area contributed by atoms with Gasteiger partial charge in [0.25, 0.3) is 5.91 Å². The number of amides is 3. The number of fused-ring (bicyclic) bond motifs is 1. The first-order chi connectivity index (χ1) is 21.7. The molecule has 0 aromatic heterocycles. The third kappa shape index (κ3) is 10.3. The number of ether oxygens (including phenoxy) is 2. The Hall–Kier alpha value is -3.92. The minimum absolute atomic E-state index is 0.0228. The highest BCUT2D eigenvalue weighted by atomic mass is 16.5. The number of aliphatic hydroxyl groups is 1. The van der Waals surface area contributed by atoms with Crippen molar-refractivity contribution in [3.63, 3.8) is 0 Å². The second-order valence-electron chi connectivity index (χ2n) is 12.1. The predicted molar refractivity (Wildman–Crippen MR) is 179 cm³/mol. The van der Waals surface area contributed by atoms with Crippen LogP contribution in [0.15, 0.2) is 78.9 Å². The van der Waals surface area contributed by atoms with Gasteiger partial charge in [-0.2, -0.15) is 0 Å². The third-order valence-electron chi connectivity index (χ3n) is 8.13. The molecule has 1 aliphatic heterocycles. The van der Waals surface area contributed by atoms with E-state index in [-0.39, 0.29) is 30.6 Å². The topological polar surface area (TPSA) is 103 Å². The number of hydrogen-bond acceptors (Lipinski definition) is 6. The van der Waals surface area contributed by atoms with Gasteiger partial charge in [-0.05, 0) is 76.1 Å². The largest absolute Gasteiger partial charge is 0.490 e. The summed E-state index contributed by atoms with van der Waals surface area (Å²) >= 11 is 0. The van der Waals surface area contributed by atoms with Gasteiger partial charge in [0.2, 0.25) is 0 Å². The number of para-hydroxylation sites is 1. The van der Waals surface area contributed by atoms with Gasteiger partial charge >= 0.3 is 6.03 Å². The van der Waals surface area contributed by atoms with E-state index in [1.165, 1.54) is 5.56 Å². The van der Waals surface area contributed by atoms with Crippen LogP contribution in [0.1, 0.15) is 56.0 Å². The number of likely N-dealkylation sites (N-methyl/N-ethyl adjacent to an activating group) is 1.